The van der Waals surface area contributed by atoms with E-state index in [1.807, 2.05) is 36.9 Å². The molecule has 6 heteroatoms. The molecule has 0 saturated carbocycles. The van der Waals surface area contributed by atoms with E-state index in [2.05, 4.69) is 10.6 Å². The fourth-order valence-corrected chi connectivity index (χ4v) is 2.58. The van der Waals surface area contributed by atoms with E-state index in [0.29, 0.717) is 18.7 Å². The number of nitrogens with zero attached hydrogens (tertiary/aromatic N) is 1. The summed E-state index contributed by atoms with van der Waals surface area (Å²) >= 11 is 0. The maximum absolute atomic E-state index is 12.7. The maximum atomic E-state index is 12.7. The molecule has 0 aliphatic carbocycles. The molecular formula is C17H26ClN3O2. The first kappa shape index (κ1) is 19.5. The van der Waals surface area contributed by atoms with E-state index < -0.39 is 6.04 Å². The van der Waals surface area contributed by atoms with Gasteiger partial charge in [-0.05, 0) is 18.1 Å². The summed E-state index contributed by atoms with van der Waals surface area (Å²) in [5.41, 5.74) is 0.587. The van der Waals surface area contributed by atoms with E-state index in [0.717, 1.165) is 19.5 Å². The van der Waals surface area contributed by atoms with Gasteiger partial charge in [-0.2, -0.15) is 0 Å². The number of carbonyl (C=O) groups is 2. The normalized spacial score (nSPS) is 16.9. The van der Waals surface area contributed by atoms with E-state index >= 15 is 0 Å². The third-order valence-corrected chi connectivity index (χ3v) is 4.23. The molecule has 0 bridgehead atoms. The van der Waals surface area contributed by atoms with Crippen LogP contribution in [0, 0.1) is 5.92 Å². The van der Waals surface area contributed by atoms with Gasteiger partial charge >= 0.3 is 0 Å². The highest BCUT2D eigenvalue weighted by atomic mass is 35.5. The summed E-state index contributed by atoms with van der Waals surface area (Å²) in [5.74, 6) is -0.0513. The summed E-state index contributed by atoms with van der Waals surface area (Å²) < 4.78 is 0. The summed E-state index contributed by atoms with van der Waals surface area (Å²) in [7, 11) is 0. The molecule has 1 aromatic rings. The Morgan fingerprint density at radius 1 is 1.22 bits per heavy atom. The lowest BCUT2D eigenvalue weighted by molar-refractivity contribution is -0.135. The molecule has 0 spiro atoms. The van der Waals surface area contributed by atoms with Crippen molar-refractivity contribution < 1.29 is 9.59 Å². The van der Waals surface area contributed by atoms with Crippen LogP contribution in [0.2, 0.25) is 0 Å². The van der Waals surface area contributed by atoms with Crippen molar-refractivity contribution in [3.8, 4) is 0 Å². The molecule has 2 unspecified atom stereocenters. The number of piperazine rings is 1. The third-order valence-electron chi connectivity index (χ3n) is 4.23. The van der Waals surface area contributed by atoms with Crippen molar-refractivity contribution in [1.29, 1.82) is 0 Å². The van der Waals surface area contributed by atoms with Crippen LogP contribution in [0.1, 0.15) is 30.6 Å². The highest BCUT2D eigenvalue weighted by Gasteiger charge is 2.30. The Labute approximate surface area is 144 Å². The average molecular weight is 340 g/mol. The average Bonchev–Trinajstić information content (AvgIpc) is 2.59. The molecule has 0 radical (unpaired) electrons. The van der Waals surface area contributed by atoms with Crippen LogP contribution in [0.5, 0.6) is 0 Å². The number of hydrogen-bond donors (Lipinski definition) is 2. The summed E-state index contributed by atoms with van der Waals surface area (Å²) in [5, 5.41) is 6.17. The van der Waals surface area contributed by atoms with Gasteiger partial charge in [0.15, 0.2) is 0 Å². The van der Waals surface area contributed by atoms with Gasteiger partial charge in [-0.1, -0.05) is 38.5 Å². The smallest absolute Gasteiger partial charge is 0.251 e. The van der Waals surface area contributed by atoms with Gasteiger partial charge in [0.05, 0.1) is 0 Å². The van der Waals surface area contributed by atoms with Crippen molar-refractivity contribution in [3.63, 3.8) is 0 Å². The molecule has 1 heterocycles. The van der Waals surface area contributed by atoms with Gasteiger partial charge in [0.1, 0.15) is 6.04 Å². The van der Waals surface area contributed by atoms with E-state index in [-0.39, 0.29) is 30.1 Å². The van der Waals surface area contributed by atoms with Crippen LogP contribution in [-0.2, 0) is 4.79 Å². The summed E-state index contributed by atoms with van der Waals surface area (Å²) in [6, 6.07) is 8.58. The standard InChI is InChI=1S/C17H25N3O2.ClH/c1-3-13(2)15(17(22)20-11-9-18-10-12-20)19-16(21)14-7-5-4-6-8-14;/h4-8,13,15,18H,3,9-12H2,1-2H3,(H,19,21);1H. The van der Waals surface area contributed by atoms with E-state index in [1.165, 1.54) is 0 Å². The lowest BCUT2D eigenvalue weighted by Gasteiger charge is -2.33. The largest absolute Gasteiger partial charge is 0.340 e. The predicted molar refractivity (Wildman–Crippen MR) is 93.8 cm³/mol. The molecule has 1 fully saturated rings. The van der Waals surface area contributed by atoms with E-state index in [9.17, 15) is 9.59 Å². The molecular weight excluding hydrogens is 314 g/mol. The Balaban J connectivity index is 0.00000264. The second kappa shape index (κ2) is 9.53. The molecule has 128 valence electrons. The zero-order valence-corrected chi connectivity index (χ0v) is 14.6. The lowest BCUT2D eigenvalue weighted by Crippen LogP contribution is -2.56. The molecule has 1 aliphatic heterocycles. The van der Waals surface area contributed by atoms with Gasteiger partial charge in [0, 0.05) is 31.7 Å². The van der Waals surface area contributed by atoms with Gasteiger partial charge < -0.3 is 15.5 Å². The minimum Gasteiger partial charge on any atom is -0.340 e. The summed E-state index contributed by atoms with van der Waals surface area (Å²) in [6.45, 7) is 7.07. The number of benzene rings is 1. The van der Waals surface area contributed by atoms with Crippen LogP contribution in [0.25, 0.3) is 0 Å². The second-order valence-electron chi connectivity index (χ2n) is 5.78. The Kier molecular flexibility index (Phi) is 8.06. The summed E-state index contributed by atoms with van der Waals surface area (Å²) in [6.07, 6.45) is 0.845. The number of nitrogens with one attached hydrogen (secondary N) is 2. The van der Waals surface area contributed by atoms with Crippen molar-refractivity contribution in [2.45, 2.75) is 26.3 Å². The van der Waals surface area contributed by atoms with Crippen molar-refractivity contribution in [2.75, 3.05) is 26.2 Å². The number of hydrogen-bond acceptors (Lipinski definition) is 3. The molecule has 2 N–H and O–H groups in total. The highest BCUT2D eigenvalue weighted by Crippen LogP contribution is 2.13. The number of carbonyl (C=O) groups excluding carboxylic acids is 2. The Morgan fingerprint density at radius 2 is 1.83 bits per heavy atom. The molecule has 1 saturated heterocycles. The van der Waals surface area contributed by atoms with Crippen LogP contribution < -0.4 is 10.6 Å². The van der Waals surface area contributed by atoms with Crippen LogP contribution >= 0.6 is 12.4 Å². The monoisotopic (exact) mass is 339 g/mol. The molecule has 1 aliphatic rings. The van der Waals surface area contributed by atoms with Crippen molar-refractivity contribution in [3.05, 3.63) is 35.9 Å². The fourth-order valence-electron chi connectivity index (χ4n) is 2.58. The van der Waals surface area contributed by atoms with Crippen molar-refractivity contribution in [2.24, 2.45) is 5.92 Å². The fraction of sp³-hybridized carbons (Fsp3) is 0.529. The zero-order valence-electron chi connectivity index (χ0n) is 13.7. The topological polar surface area (TPSA) is 61.4 Å². The first-order valence-corrected chi connectivity index (χ1v) is 7.99. The number of rotatable bonds is 5. The van der Waals surface area contributed by atoms with Crippen molar-refractivity contribution in [1.82, 2.24) is 15.5 Å². The molecule has 23 heavy (non-hydrogen) atoms. The van der Waals surface area contributed by atoms with Crippen molar-refractivity contribution >= 4 is 24.2 Å². The molecule has 2 amide bonds. The number of amides is 2. The van der Waals surface area contributed by atoms with Gasteiger partial charge in [-0.15, -0.1) is 12.4 Å². The predicted octanol–water partition coefficient (Wildman–Crippen LogP) is 1.68. The van der Waals surface area contributed by atoms with E-state index in [1.54, 1.807) is 12.1 Å². The quantitative estimate of drug-likeness (QED) is 0.858. The highest BCUT2D eigenvalue weighted by molar-refractivity contribution is 5.97. The SMILES string of the molecule is CCC(C)C(NC(=O)c1ccccc1)C(=O)N1CCNCC1.Cl. The van der Waals surface area contributed by atoms with E-state index in [4.69, 9.17) is 0 Å². The first-order chi connectivity index (χ1) is 10.6. The molecule has 5 nitrogen and oxygen atoms in total. The van der Waals surface area contributed by atoms with Crippen LogP contribution in [0.4, 0.5) is 0 Å². The van der Waals surface area contributed by atoms with Crippen LogP contribution in [-0.4, -0.2) is 48.9 Å². The number of halogens is 1. The van der Waals surface area contributed by atoms with Gasteiger partial charge in [0.25, 0.3) is 5.91 Å². The molecule has 1 aromatic carbocycles. The van der Waals surface area contributed by atoms with Crippen LogP contribution in [0.15, 0.2) is 30.3 Å². The maximum Gasteiger partial charge on any atom is 0.251 e. The Bertz CT molecular complexity index is 504. The Morgan fingerprint density at radius 3 is 2.39 bits per heavy atom. The lowest BCUT2D eigenvalue weighted by atomic mass is 9.97. The minimum absolute atomic E-state index is 0. The summed E-state index contributed by atoms with van der Waals surface area (Å²) in [4.78, 5) is 27.0. The third kappa shape index (κ3) is 5.22. The van der Waals surface area contributed by atoms with Crippen LogP contribution in [0.3, 0.4) is 0 Å². The van der Waals surface area contributed by atoms with Gasteiger partial charge in [-0.3, -0.25) is 9.59 Å². The minimum atomic E-state index is -0.462. The van der Waals surface area contributed by atoms with Gasteiger partial charge in [-0.25, -0.2) is 0 Å². The molecule has 2 atom stereocenters. The van der Waals surface area contributed by atoms with Gasteiger partial charge in [0.2, 0.25) is 5.91 Å². The Hall–Kier alpha value is -1.59. The molecule has 2 rings (SSSR count). The zero-order chi connectivity index (χ0) is 15.9. The molecule has 0 aromatic heterocycles. The first-order valence-electron chi connectivity index (χ1n) is 7.99. The second-order valence-corrected chi connectivity index (χ2v) is 5.78.